The highest BCUT2D eigenvalue weighted by Crippen LogP contribution is 2.26. The van der Waals surface area contributed by atoms with E-state index >= 15 is 0 Å². The zero-order chi connectivity index (χ0) is 13.8. The molecule has 1 aromatic heterocycles. The van der Waals surface area contributed by atoms with Crippen molar-refractivity contribution in [1.82, 2.24) is 20.2 Å². The van der Waals surface area contributed by atoms with Gasteiger partial charge in [0.25, 0.3) is 0 Å². The van der Waals surface area contributed by atoms with Crippen LogP contribution >= 0.6 is 0 Å². The normalized spacial score (nSPS) is 12.8. The number of rotatable bonds is 5. The summed E-state index contributed by atoms with van der Waals surface area (Å²) < 4.78 is 1.87. The van der Waals surface area contributed by atoms with E-state index < -0.39 is 0 Å². The fraction of sp³-hybridized carbons (Fsp3) is 0.500. The van der Waals surface area contributed by atoms with E-state index in [1.165, 1.54) is 0 Å². The summed E-state index contributed by atoms with van der Waals surface area (Å²) in [6.07, 6.45) is 2.22. The lowest BCUT2D eigenvalue weighted by atomic mass is 10.0. The molecule has 2 rings (SSSR count). The Labute approximate surface area is 113 Å². The summed E-state index contributed by atoms with van der Waals surface area (Å²) in [5.74, 6) is 1.43. The monoisotopic (exact) mass is 259 g/mol. The van der Waals surface area contributed by atoms with Gasteiger partial charge in [0.15, 0.2) is 5.82 Å². The zero-order valence-electron chi connectivity index (χ0n) is 11.7. The van der Waals surface area contributed by atoms with E-state index in [0.29, 0.717) is 11.6 Å². The van der Waals surface area contributed by atoms with Crippen LogP contribution in [-0.4, -0.2) is 20.2 Å². The number of anilines is 1. The molecule has 0 spiro atoms. The molecule has 0 amide bonds. The van der Waals surface area contributed by atoms with Crippen LogP contribution in [0, 0.1) is 5.92 Å². The van der Waals surface area contributed by atoms with E-state index in [0.717, 1.165) is 24.2 Å². The number of tetrazole rings is 1. The lowest BCUT2D eigenvalue weighted by Gasteiger charge is -2.15. The van der Waals surface area contributed by atoms with Gasteiger partial charge in [-0.3, -0.25) is 0 Å². The van der Waals surface area contributed by atoms with Crippen LogP contribution in [0.25, 0.3) is 11.4 Å². The Bertz CT molecular complexity index is 532. The van der Waals surface area contributed by atoms with E-state index in [1.807, 2.05) is 28.9 Å². The Morgan fingerprint density at radius 3 is 2.58 bits per heavy atom. The maximum absolute atomic E-state index is 5.99. The van der Waals surface area contributed by atoms with Crippen LogP contribution in [0.2, 0.25) is 0 Å². The Hall–Kier alpha value is -1.91. The molecule has 0 saturated heterocycles. The Balaban J connectivity index is 2.25. The molecule has 1 atom stereocenters. The fourth-order valence-corrected chi connectivity index (χ4v) is 2.07. The van der Waals surface area contributed by atoms with Gasteiger partial charge in [-0.25, -0.2) is 4.68 Å². The summed E-state index contributed by atoms with van der Waals surface area (Å²) in [6, 6.07) is 7.95. The van der Waals surface area contributed by atoms with Crippen molar-refractivity contribution >= 4 is 5.69 Å². The summed E-state index contributed by atoms with van der Waals surface area (Å²) in [5, 5.41) is 12.0. The van der Waals surface area contributed by atoms with Gasteiger partial charge >= 0.3 is 0 Å². The van der Waals surface area contributed by atoms with Crippen LogP contribution in [0.3, 0.4) is 0 Å². The molecule has 2 aromatic rings. The zero-order valence-corrected chi connectivity index (χ0v) is 11.7. The summed E-state index contributed by atoms with van der Waals surface area (Å²) in [6.45, 7) is 6.59. The number of nitrogen functional groups attached to an aromatic ring is 1. The SMILES string of the molecule is CC(C)CCC(C)n1nnnc1-c1ccccc1N. The van der Waals surface area contributed by atoms with Crippen molar-refractivity contribution in [2.24, 2.45) is 5.92 Å². The van der Waals surface area contributed by atoms with Gasteiger partial charge in [-0.05, 0) is 48.2 Å². The number of benzene rings is 1. The van der Waals surface area contributed by atoms with Crippen LogP contribution in [0.15, 0.2) is 24.3 Å². The van der Waals surface area contributed by atoms with Gasteiger partial charge in [0.2, 0.25) is 0 Å². The number of hydrogen-bond donors (Lipinski definition) is 1. The molecule has 0 radical (unpaired) electrons. The van der Waals surface area contributed by atoms with Crippen molar-refractivity contribution < 1.29 is 0 Å². The van der Waals surface area contributed by atoms with E-state index in [9.17, 15) is 0 Å². The first-order valence-electron chi connectivity index (χ1n) is 6.72. The van der Waals surface area contributed by atoms with Gasteiger partial charge in [-0.1, -0.05) is 26.0 Å². The highest BCUT2D eigenvalue weighted by Gasteiger charge is 2.16. The molecule has 102 valence electrons. The summed E-state index contributed by atoms with van der Waals surface area (Å²) in [5.41, 5.74) is 7.59. The molecular formula is C14H21N5. The summed E-state index contributed by atoms with van der Waals surface area (Å²) >= 11 is 0. The van der Waals surface area contributed by atoms with Crippen molar-refractivity contribution in [3.05, 3.63) is 24.3 Å². The van der Waals surface area contributed by atoms with Crippen LogP contribution in [0.4, 0.5) is 5.69 Å². The molecule has 0 aliphatic rings. The van der Waals surface area contributed by atoms with Crippen LogP contribution in [0.5, 0.6) is 0 Å². The van der Waals surface area contributed by atoms with Gasteiger partial charge in [0, 0.05) is 11.3 Å². The molecule has 0 aliphatic heterocycles. The van der Waals surface area contributed by atoms with Gasteiger partial charge in [-0.2, -0.15) is 0 Å². The molecule has 2 N–H and O–H groups in total. The lowest BCUT2D eigenvalue weighted by molar-refractivity contribution is 0.406. The number of nitrogens with zero attached hydrogens (tertiary/aromatic N) is 4. The van der Waals surface area contributed by atoms with Crippen LogP contribution in [-0.2, 0) is 0 Å². The van der Waals surface area contributed by atoms with E-state index in [-0.39, 0.29) is 6.04 Å². The molecule has 0 fully saturated rings. The van der Waals surface area contributed by atoms with Crippen LogP contribution in [0.1, 0.15) is 39.7 Å². The topological polar surface area (TPSA) is 69.6 Å². The highest BCUT2D eigenvalue weighted by atomic mass is 15.5. The number of nitrogens with two attached hydrogens (primary N) is 1. The van der Waals surface area contributed by atoms with Crippen molar-refractivity contribution in [2.45, 2.75) is 39.7 Å². The Morgan fingerprint density at radius 1 is 1.16 bits per heavy atom. The predicted octanol–water partition coefficient (Wildman–Crippen LogP) is 2.92. The minimum absolute atomic E-state index is 0.270. The van der Waals surface area contributed by atoms with Gasteiger partial charge in [0.1, 0.15) is 0 Å². The molecular weight excluding hydrogens is 238 g/mol. The first-order chi connectivity index (χ1) is 9.09. The van der Waals surface area contributed by atoms with Gasteiger partial charge in [0.05, 0.1) is 6.04 Å². The number of para-hydroxylation sites is 1. The minimum atomic E-state index is 0.270. The van der Waals surface area contributed by atoms with Gasteiger partial charge < -0.3 is 5.73 Å². The number of aromatic nitrogens is 4. The second-order valence-corrected chi connectivity index (χ2v) is 5.35. The smallest absolute Gasteiger partial charge is 0.184 e. The largest absolute Gasteiger partial charge is 0.398 e. The quantitative estimate of drug-likeness (QED) is 0.838. The molecule has 1 aromatic carbocycles. The van der Waals surface area contributed by atoms with E-state index in [2.05, 4.69) is 36.3 Å². The summed E-state index contributed by atoms with van der Waals surface area (Å²) in [7, 11) is 0. The average Bonchev–Trinajstić information content (AvgIpc) is 2.85. The van der Waals surface area contributed by atoms with Crippen molar-refractivity contribution in [1.29, 1.82) is 0 Å². The van der Waals surface area contributed by atoms with Crippen molar-refractivity contribution in [3.63, 3.8) is 0 Å². The third kappa shape index (κ3) is 3.10. The first kappa shape index (κ1) is 13.5. The second kappa shape index (κ2) is 5.82. The van der Waals surface area contributed by atoms with E-state index in [4.69, 9.17) is 5.73 Å². The van der Waals surface area contributed by atoms with Gasteiger partial charge in [-0.15, -0.1) is 5.10 Å². The fourth-order valence-electron chi connectivity index (χ4n) is 2.07. The maximum Gasteiger partial charge on any atom is 0.184 e. The molecule has 0 bridgehead atoms. The molecule has 19 heavy (non-hydrogen) atoms. The Kier molecular flexibility index (Phi) is 4.14. The second-order valence-electron chi connectivity index (χ2n) is 5.35. The molecule has 0 saturated carbocycles. The van der Waals surface area contributed by atoms with Crippen molar-refractivity contribution in [2.75, 3.05) is 5.73 Å². The molecule has 5 nitrogen and oxygen atoms in total. The molecule has 1 unspecified atom stereocenters. The Morgan fingerprint density at radius 2 is 1.89 bits per heavy atom. The number of hydrogen-bond acceptors (Lipinski definition) is 4. The third-order valence-electron chi connectivity index (χ3n) is 3.27. The van der Waals surface area contributed by atoms with Crippen LogP contribution < -0.4 is 5.73 Å². The standard InChI is InChI=1S/C14H21N5/c1-10(2)8-9-11(3)19-14(16-17-18-19)12-6-4-5-7-13(12)15/h4-7,10-11H,8-9,15H2,1-3H3. The predicted molar refractivity (Wildman–Crippen MR) is 76.4 cm³/mol. The minimum Gasteiger partial charge on any atom is -0.398 e. The average molecular weight is 259 g/mol. The maximum atomic E-state index is 5.99. The lowest BCUT2D eigenvalue weighted by Crippen LogP contribution is -2.10. The first-order valence-corrected chi connectivity index (χ1v) is 6.72. The molecule has 0 aliphatic carbocycles. The highest BCUT2D eigenvalue weighted by molar-refractivity contribution is 5.71. The summed E-state index contributed by atoms with van der Waals surface area (Å²) in [4.78, 5) is 0. The third-order valence-corrected chi connectivity index (χ3v) is 3.27. The molecule has 5 heteroatoms. The van der Waals surface area contributed by atoms with Crippen molar-refractivity contribution in [3.8, 4) is 11.4 Å². The van der Waals surface area contributed by atoms with E-state index in [1.54, 1.807) is 0 Å². The molecule has 1 heterocycles.